The molecule has 0 amide bonds. The van der Waals surface area contributed by atoms with Crippen LogP contribution in [0.25, 0.3) is 0 Å². The van der Waals surface area contributed by atoms with Crippen molar-refractivity contribution in [3.63, 3.8) is 0 Å². The Hall–Kier alpha value is -1.13. The van der Waals surface area contributed by atoms with Gasteiger partial charge in [0, 0.05) is 24.7 Å². The molecule has 1 N–H and O–H groups in total. The first-order valence-corrected chi connectivity index (χ1v) is 6.77. The van der Waals surface area contributed by atoms with E-state index < -0.39 is 5.60 Å². The number of nitrogens with zero attached hydrogens (tertiary/aromatic N) is 1. The molecular weight excluding hydrogens is 245 g/mol. The van der Waals surface area contributed by atoms with Gasteiger partial charge in [0.15, 0.2) is 0 Å². The predicted octanol–water partition coefficient (Wildman–Crippen LogP) is 2.57. The summed E-state index contributed by atoms with van der Waals surface area (Å²) in [6, 6.07) is 4.98. The van der Waals surface area contributed by atoms with Crippen LogP contribution in [0.4, 0.5) is 4.39 Å². The van der Waals surface area contributed by atoms with Gasteiger partial charge in [0.1, 0.15) is 11.6 Å². The highest BCUT2D eigenvalue weighted by Crippen LogP contribution is 2.23. The zero-order chi connectivity index (χ0) is 13.9. The summed E-state index contributed by atoms with van der Waals surface area (Å²) in [4.78, 5) is 2.20. The minimum atomic E-state index is -0.576. The van der Waals surface area contributed by atoms with E-state index in [1.807, 2.05) is 6.92 Å². The molecule has 0 bridgehead atoms. The Kier molecular flexibility index (Phi) is 4.42. The largest absolute Gasteiger partial charge is 0.497 e. The molecule has 0 saturated carbocycles. The van der Waals surface area contributed by atoms with Crippen molar-refractivity contribution in [2.24, 2.45) is 0 Å². The topological polar surface area (TPSA) is 32.7 Å². The number of ether oxygens (including phenoxy) is 1. The van der Waals surface area contributed by atoms with Gasteiger partial charge in [0.05, 0.1) is 12.7 Å². The number of rotatable bonds is 3. The molecule has 0 spiro atoms. The van der Waals surface area contributed by atoms with E-state index in [4.69, 9.17) is 4.74 Å². The quantitative estimate of drug-likeness (QED) is 0.913. The lowest BCUT2D eigenvalue weighted by Gasteiger charge is -2.22. The molecule has 1 atom stereocenters. The summed E-state index contributed by atoms with van der Waals surface area (Å²) >= 11 is 0. The van der Waals surface area contributed by atoms with Crippen molar-refractivity contribution in [1.29, 1.82) is 0 Å². The van der Waals surface area contributed by atoms with E-state index in [9.17, 15) is 9.50 Å². The maximum atomic E-state index is 13.9. The molecule has 1 aliphatic rings. The molecule has 1 heterocycles. The zero-order valence-electron chi connectivity index (χ0n) is 11.7. The lowest BCUT2D eigenvalue weighted by molar-refractivity contribution is 0.0444. The second-order valence-corrected chi connectivity index (χ2v) is 5.58. The van der Waals surface area contributed by atoms with Crippen molar-refractivity contribution in [3.05, 3.63) is 29.6 Å². The van der Waals surface area contributed by atoms with Crippen LogP contribution in [0.1, 0.15) is 31.7 Å². The number of likely N-dealkylation sites (tertiary alicyclic amines) is 1. The van der Waals surface area contributed by atoms with Gasteiger partial charge in [-0.3, -0.25) is 4.90 Å². The molecule has 19 heavy (non-hydrogen) atoms. The second kappa shape index (κ2) is 5.88. The number of aliphatic hydroxyl groups is 1. The summed E-state index contributed by atoms with van der Waals surface area (Å²) in [5.41, 5.74) is 0.107. The van der Waals surface area contributed by atoms with Gasteiger partial charge in [-0.05, 0) is 38.8 Å². The van der Waals surface area contributed by atoms with Gasteiger partial charge in [0.2, 0.25) is 0 Å². The third-order valence-electron chi connectivity index (χ3n) is 3.81. The summed E-state index contributed by atoms with van der Waals surface area (Å²) in [5, 5.41) is 10.0. The molecule has 1 unspecified atom stereocenters. The van der Waals surface area contributed by atoms with Crippen molar-refractivity contribution in [1.82, 2.24) is 4.90 Å². The fraction of sp³-hybridized carbons (Fsp3) is 0.600. The number of hydrogen-bond donors (Lipinski definition) is 1. The molecule has 1 fully saturated rings. The van der Waals surface area contributed by atoms with Crippen LogP contribution in [0.3, 0.4) is 0 Å². The molecule has 4 heteroatoms. The maximum absolute atomic E-state index is 13.9. The average Bonchev–Trinajstić information content (AvgIpc) is 2.53. The average molecular weight is 267 g/mol. The summed E-state index contributed by atoms with van der Waals surface area (Å²) in [5.74, 6) is 0.315. The van der Waals surface area contributed by atoms with Crippen LogP contribution < -0.4 is 4.74 Å². The van der Waals surface area contributed by atoms with E-state index >= 15 is 0 Å². The van der Waals surface area contributed by atoms with Crippen LogP contribution in [-0.2, 0) is 6.54 Å². The Morgan fingerprint density at radius 2 is 2.16 bits per heavy atom. The Morgan fingerprint density at radius 1 is 1.37 bits per heavy atom. The SMILES string of the molecule is COc1ccc(CN2CCCC(C)(O)CC2)c(F)c1. The van der Waals surface area contributed by atoms with Crippen LogP contribution in [0.2, 0.25) is 0 Å². The third kappa shape index (κ3) is 3.91. The van der Waals surface area contributed by atoms with E-state index in [1.54, 1.807) is 12.1 Å². The van der Waals surface area contributed by atoms with Crippen molar-refractivity contribution in [2.75, 3.05) is 20.2 Å². The van der Waals surface area contributed by atoms with Crippen molar-refractivity contribution >= 4 is 0 Å². The first kappa shape index (κ1) is 14.3. The Labute approximate surface area is 114 Å². The molecule has 1 aliphatic heterocycles. The first-order valence-electron chi connectivity index (χ1n) is 6.77. The van der Waals surface area contributed by atoms with Gasteiger partial charge in [-0.2, -0.15) is 0 Å². The standard InChI is InChI=1S/C15H22FNO2/c1-15(18)6-3-8-17(9-7-15)11-12-4-5-13(19-2)10-14(12)16/h4-5,10,18H,3,6-9,11H2,1-2H3. The Morgan fingerprint density at radius 3 is 2.84 bits per heavy atom. The van der Waals surface area contributed by atoms with E-state index in [0.29, 0.717) is 17.9 Å². The second-order valence-electron chi connectivity index (χ2n) is 5.58. The molecule has 0 aliphatic carbocycles. The van der Waals surface area contributed by atoms with E-state index in [-0.39, 0.29) is 5.82 Å². The molecule has 1 aromatic carbocycles. The van der Waals surface area contributed by atoms with Crippen LogP contribution in [-0.4, -0.2) is 35.8 Å². The molecule has 106 valence electrons. The van der Waals surface area contributed by atoms with E-state index in [0.717, 1.165) is 32.4 Å². The number of methoxy groups -OCH3 is 1. The number of halogens is 1. The molecule has 0 radical (unpaired) electrons. The molecule has 1 aromatic rings. The third-order valence-corrected chi connectivity index (χ3v) is 3.81. The summed E-state index contributed by atoms with van der Waals surface area (Å²) in [6.45, 7) is 4.18. The van der Waals surface area contributed by atoms with Crippen LogP contribution in [0, 0.1) is 5.82 Å². The van der Waals surface area contributed by atoms with E-state index in [2.05, 4.69) is 4.90 Å². The highest BCUT2D eigenvalue weighted by molar-refractivity contribution is 5.28. The van der Waals surface area contributed by atoms with Gasteiger partial charge in [-0.25, -0.2) is 4.39 Å². The van der Waals surface area contributed by atoms with Crippen molar-refractivity contribution in [2.45, 2.75) is 38.3 Å². The maximum Gasteiger partial charge on any atom is 0.131 e. The minimum absolute atomic E-state index is 0.227. The fourth-order valence-electron chi connectivity index (χ4n) is 2.50. The lowest BCUT2D eigenvalue weighted by Crippen LogP contribution is -2.28. The number of benzene rings is 1. The Balaban J connectivity index is 2.01. The minimum Gasteiger partial charge on any atom is -0.497 e. The summed E-state index contributed by atoms with van der Waals surface area (Å²) in [7, 11) is 1.53. The van der Waals surface area contributed by atoms with Crippen LogP contribution in [0.15, 0.2) is 18.2 Å². The van der Waals surface area contributed by atoms with Crippen LogP contribution in [0.5, 0.6) is 5.75 Å². The summed E-state index contributed by atoms with van der Waals surface area (Å²) < 4.78 is 18.9. The highest BCUT2D eigenvalue weighted by atomic mass is 19.1. The lowest BCUT2D eigenvalue weighted by atomic mass is 9.98. The van der Waals surface area contributed by atoms with Gasteiger partial charge in [-0.15, -0.1) is 0 Å². The predicted molar refractivity (Wildman–Crippen MR) is 72.7 cm³/mol. The smallest absolute Gasteiger partial charge is 0.131 e. The fourth-order valence-corrected chi connectivity index (χ4v) is 2.50. The summed E-state index contributed by atoms with van der Waals surface area (Å²) in [6.07, 6.45) is 2.50. The molecule has 1 saturated heterocycles. The van der Waals surface area contributed by atoms with Crippen molar-refractivity contribution < 1.29 is 14.2 Å². The highest BCUT2D eigenvalue weighted by Gasteiger charge is 2.25. The first-order chi connectivity index (χ1) is 9.00. The molecular formula is C15H22FNO2. The van der Waals surface area contributed by atoms with Crippen molar-refractivity contribution in [3.8, 4) is 5.75 Å². The normalized spacial score (nSPS) is 25.1. The van der Waals surface area contributed by atoms with Gasteiger partial charge < -0.3 is 9.84 Å². The monoisotopic (exact) mass is 267 g/mol. The number of hydrogen-bond acceptors (Lipinski definition) is 3. The van der Waals surface area contributed by atoms with Crippen LogP contribution >= 0.6 is 0 Å². The van der Waals surface area contributed by atoms with Gasteiger partial charge in [-0.1, -0.05) is 6.07 Å². The van der Waals surface area contributed by atoms with Gasteiger partial charge in [0.25, 0.3) is 0 Å². The zero-order valence-corrected chi connectivity index (χ0v) is 11.7. The van der Waals surface area contributed by atoms with Gasteiger partial charge >= 0.3 is 0 Å². The molecule has 3 nitrogen and oxygen atoms in total. The molecule has 2 rings (SSSR count). The van der Waals surface area contributed by atoms with E-state index in [1.165, 1.54) is 13.2 Å². The Bertz CT molecular complexity index is 434. The molecule has 0 aromatic heterocycles.